The van der Waals surface area contributed by atoms with Crippen LogP contribution in [0, 0.1) is 0 Å². The quantitative estimate of drug-likeness (QED) is 0.852. The first-order valence-corrected chi connectivity index (χ1v) is 7.42. The van der Waals surface area contributed by atoms with E-state index in [4.69, 9.17) is 4.74 Å². The van der Waals surface area contributed by atoms with Crippen LogP contribution in [-0.4, -0.2) is 27.8 Å². The molecule has 2 aromatic rings. The molecule has 1 heterocycles. The number of hydrogen-bond acceptors (Lipinski definition) is 4. The fraction of sp³-hybridized carbons (Fsp3) is 0.438. The highest BCUT2D eigenvalue weighted by molar-refractivity contribution is 5.94. The van der Waals surface area contributed by atoms with Crippen LogP contribution in [0.25, 0.3) is 0 Å². The Morgan fingerprint density at radius 1 is 1.36 bits per heavy atom. The molecule has 0 radical (unpaired) electrons. The normalized spacial score (nSPS) is 12.1. The summed E-state index contributed by atoms with van der Waals surface area (Å²) in [5.41, 5.74) is 1.66. The van der Waals surface area contributed by atoms with Crippen molar-refractivity contribution in [2.24, 2.45) is 0 Å². The SMILES string of the molecule is CCCn1ncnc1[C@@H](C)NC(=O)c1ccc(COC)cc1. The second-order valence-corrected chi connectivity index (χ2v) is 5.17. The number of benzene rings is 1. The second kappa shape index (κ2) is 7.70. The minimum Gasteiger partial charge on any atom is -0.380 e. The van der Waals surface area contributed by atoms with Gasteiger partial charge in [0.1, 0.15) is 12.2 Å². The topological polar surface area (TPSA) is 69.0 Å². The van der Waals surface area contributed by atoms with Crippen molar-refractivity contribution >= 4 is 5.91 Å². The minimum absolute atomic E-state index is 0.123. The Kier molecular flexibility index (Phi) is 5.66. The molecule has 0 saturated carbocycles. The number of nitrogens with zero attached hydrogens (tertiary/aromatic N) is 3. The third-order valence-corrected chi connectivity index (χ3v) is 3.34. The lowest BCUT2D eigenvalue weighted by atomic mass is 10.1. The van der Waals surface area contributed by atoms with Gasteiger partial charge < -0.3 is 10.1 Å². The molecule has 1 aromatic heterocycles. The molecule has 1 amide bonds. The summed E-state index contributed by atoms with van der Waals surface area (Å²) >= 11 is 0. The largest absolute Gasteiger partial charge is 0.380 e. The van der Waals surface area contributed by atoms with E-state index in [9.17, 15) is 4.79 Å². The van der Waals surface area contributed by atoms with E-state index in [1.54, 1.807) is 19.2 Å². The van der Waals surface area contributed by atoms with E-state index in [1.165, 1.54) is 6.33 Å². The van der Waals surface area contributed by atoms with Crippen LogP contribution in [0.4, 0.5) is 0 Å². The molecule has 1 N–H and O–H groups in total. The molecule has 0 bridgehead atoms. The summed E-state index contributed by atoms with van der Waals surface area (Å²) in [6.07, 6.45) is 2.49. The highest BCUT2D eigenvalue weighted by Gasteiger charge is 2.16. The number of aromatic nitrogens is 3. The predicted octanol–water partition coefficient (Wildman–Crippen LogP) is 2.33. The first-order chi connectivity index (χ1) is 10.7. The Morgan fingerprint density at radius 2 is 2.09 bits per heavy atom. The van der Waals surface area contributed by atoms with Gasteiger partial charge in [0.05, 0.1) is 12.6 Å². The van der Waals surface area contributed by atoms with Gasteiger partial charge in [0.2, 0.25) is 0 Å². The van der Waals surface area contributed by atoms with Gasteiger partial charge in [0.15, 0.2) is 0 Å². The van der Waals surface area contributed by atoms with Crippen LogP contribution >= 0.6 is 0 Å². The van der Waals surface area contributed by atoms with Gasteiger partial charge >= 0.3 is 0 Å². The molecule has 6 heteroatoms. The van der Waals surface area contributed by atoms with Crippen molar-refractivity contribution in [3.8, 4) is 0 Å². The molecule has 0 fully saturated rings. The smallest absolute Gasteiger partial charge is 0.251 e. The third kappa shape index (κ3) is 3.92. The average Bonchev–Trinajstić information content (AvgIpc) is 2.97. The maximum atomic E-state index is 12.3. The molecule has 0 aliphatic rings. The number of methoxy groups -OCH3 is 1. The van der Waals surface area contributed by atoms with Gasteiger partial charge in [-0.1, -0.05) is 19.1 Å². The number of carbonyl (C=O) groups is 1. The van der Waals surface area contributed by atoms with Gasteiger partial charge in [-0.15, -0.1) is 0 Å². The van der Waals surface area contributed by atoms with Crippen molar-refractivity contribution in [3.05, 3.63) is 47.5 Å². The van der Waals surface area contributed by atoms with Gasteiger partial charge in [0, 0.05) is 19.2 Å². The lowest BCUT2D eigenvalue weighted by Gasteiger charge is -2.14. The Morgan fingerprint density at radius 3 is 2.73 bits per heavy atom. The van der Waals surface area contributed by atoms with Crippen molar-refractivity contribution in [2.45, 2.75) is 39.5 Å². The molecular formula is C16H22N4O2. The summed E-state index contributed by atoms with van der Waals surface area (Å²) < 4.78 is 6.89. The van der Waals surface area contributed by atoms with Crippen LogP contribution in [0.5, 0.6) is 0 Å². The second-order valence-electron chi connectivity index (χ2n) is 5.17. The fourth-order valence-electron chi connectivity index (χ4n) is 2.26. The highest BCUT2D eigenvalue weighted by atomic mass is 16.5. The van der Waals surface area contributed by atoms with E-state index in [2.05, 4.69) is 22.3 Å². The monoisotopic (exact) mass is 302 g/mol. The average molecular weight is 302 g/mol. The summed E-state index contributed by atoms with van der Waals surface area (Å²) in [6.45, 7) is 5.32. The van der Waals surface area contributed by atoms with Gasteiger partial charge in [0.25, 0.3) is 5.91 Å². The molecule has 2 rings (SSSR count). The van der Waals surface area contributed by atoms with E-state index >= 15 is 0 Å². The van der Waals surface area contributed by atoms with E-state index in [1.807, 2.05) is 23.7 Å². The molecule has 6 nitrogen and oxygen atoms in total. The summed E-state index contributed by atoms with van der Waals surface area (Å²) in [5, 5.41) is 7.13. The van der Waals surface area contributed by atoms with Crippen LogP contribution in [0.3, 0.4) is 0 Å². The van der Waals surface area contributed by atoms with E-state index < -0.39 is 0 Å². The Balaban J connectivity index is 2.02. The Labute approximate surface area is 130 Å². The predicted molar refractivity (Wildman–Crippen MR) is 83.3 cm³/mol. The molecule has 0 spiro atoms. The van der Waals surface area contributed by atoms with Gasteiger partial charge in [-0.3, -0.25) is 4.79 Å². The van der Waals surface area contributed by atoms with Gasteiger partial charge in [-0.2, -0.15) is 5.10 Å². The maximum Gasteiger partial charge on any atom is 0.251 e. The molecule has 0 saturated heterocycles. The van der Waals surface area contributed by atoms with Crippen molar-refractivity contribution in [1.29, 1.82) is 0 Å². The third-order valence-electron chi connectivity index (χ3n) is 3.34. The standard InChI is InChI=1S/C16H22N4O2/c1-4-9-20-15(17-11-18-20)12(2)19-16(21)14-7-5-13(6-8-14)10-22-3/h5-8,11-12H,4,9-10H2,1-3H3,(H,19,21)/t12-/m1/s1. The van der Waals surface area contributed by atoms with Gasteiger partial charge in [-0.25, -0.2) is 9.67 Å². The van der Waals surface area contributed by atoms with Crippen LogP contribution in [0.1, 0.15) is 48.1 Å². The Bertz CT molecular complexity index is 607. The van der Waals surface area contributed by atoms with Crippen LogP contribution in [0.15, 0.2) is 30.6 Å². The van der Waals surface area contributed by atoms with Crippen molar-refractivity contribution in [3.63, 3.8) is 0 Å². The first-order valence-electron chi connectivity index (χ1n) is 7.42. The molecular weight excluding hydrogens is 280 g/mol. The molecule has 118 valence electrons. The highest BCUT2D eigenvalue weighted by Crippen LogP contribution is 2.11. The van der Waals surface area contributed by atoms with E-state index in [0.29, 0.717) is 12.2 Å². The van der Waals surface area contributed by atoms with Crippen molar-refractivity contribution in [2.75, 3.05) is 7.11 Å². The lowest BCUT2D eigenvalue weighted by Crippen LogP contribution is -2.29. The van der Waals surface area contributed by atoms with Crippen LogP contribution in [-0.2, 0) is 17.9 Å². The Hall–Kier alpha value is -2.21. The molecule has 1 atom stereocenters. The van der Waals surface area contributed by atoms with E-state index in [0.717, 1.165) is 24.4 Å². The number of amides is 1. The number of ether oxygens (including phenoxy) is 1. The number of nitrogens with one attached hydrogen (secondary N) is 1. The number of hydrogen-bond donors (Lipinski definition) is 1. The zero-order valence-electron chi connectivity index (χ0n) is 13.2. The summed E-state index contributed by atoms with van der Waals surface area (Å²) in [6, 6.07) is 7.19. The maximum absolute atomic E-state index is 12.3. The first kappa shape index (κ1) is 16.2. The van der Waals surface area contributed by atoms with Crippen molar-refractivity contribution < 1.29 is 9.53 Å². The summed E-state index contributed by atoms with van der Waals surface area (Å²) in [5.74, 6) is 0.647. The van der Waals surface area contributed by atoms with Crippen molar-refractivity contribution in [1.82, 2.24) is 20.1 Å². The molecule has 1 aromatic carbocycles. The number of carbonyl (C=O) groups excluding carboxylic acids is 1. The number of rotatable bonds is 7. The molecule has 0 unspecified atom stereocenters. The molecule has 0 aliphatic heterocycles. The number of aryl methyl sites for hydroxylation is 1. The van der Waals surface area contributed by atoms with Crippen LogP contribution < -0.4 is 5.32 Å². The summed E-state index contributed by atoms with van der Waals surface area (Å²) in [4.78, 5) is 16.5. The summed E-state index contributed by atoms with van der Waals surface area (Å²) in [7, 11) is 1.65. The minimum atomic E-state index is -0.194. The molecule has 0 aliphatic carbocycles. The fourth-order valence-corrected chi connectivity index (χ4v) is 2.26. The van der Waals surface area contributed by atoms with E-state index in [-0.39, 0.29) is 11.9 Å². The zero-order chi connectivity index (χ0) is 15.9. The lowest BCUT2D eigenvalue weighted by molar-refractivity contribution is 0.0937. The van der Waals surface area contributed by atoms with Crippen LogP contribution in [0.2, 0.25) is 0 Å². The molecule has 22 heavy (non-hydrogen) atoms. The zero-order valence-corrected chi connectivity index (χ0v) is 13.2. The van der Waals surface area contributed by atoms with Gasteiger partial charge in [-0.05, 0) is 31.0 Å².